The van der Waals surface area contributed by atoms with Crippen LogP contribution in [0.4, 0.5) is 4.79 Å². The summed E-state index contributed by atoms with van der Waals surface area (Å²) in [5.74, 6) is -1.88. The summed E-state index contributed by atoms with van der Waals surface area (Å²) in [6.07, 6.45) is -2.25. The molecule has 1 amide bonds. The van der Waals surface area contributed by atoms with Gasteiger partial charge in [-0.25, -0.2) is 14.6 Å². The number of aliphatic hydroxyl groups excluding tert-OH is 1. The number of ether oxygens (including phenoxy) is 3. The molecule has 0 radical (unpaired) electrons. The van der Waals surface area contributed by atoms with Gasteiger partial charge in [0, 0.05) is 22.2 Å². The zero-order valence-electron chi connectivity index (χ0n) is 20.8. The Balaban J connectivity index is 1.68. The highest BCUT2D eigenvalue weighted by molar-refractivity contribution is 6.35. The van der Waals surface area contributed by atoms with Crippen LogP contribution in [0.3, 0.4) is 0 Å². The molecular weight excluding hydrogens is 557 g/mol. The lowest BCUT2D eigenvalue weighted by atomic mass is 10.0. The van der Waals surface area contributed by atoms with Gasteiger partial charge in [0.25, 0.3) is 5.91 Å². The molecule has 0 saturated carbocycles. The molecule has 15 heteroatoms. The first-order valence-electron chi connectivity index (χ1n) is 11.4. The Morgan fingerprint density at radius 1 is 1.10 bits per heavy atom. The Bertz CT molecular complexity index is 1300. The molecule has 2 aromatic carbocycles. The van der Waals surface area contributed by atoms with Gasteiger partial charge in [-0.05, 0) is 48.4 Å². The number of amides is 1. The van der Waals surface area contributed by atoms with Crippen molar-refractivity contribution in [2.75, 3.05) is 13.3 Å². The van der Waals surface area contributed by atoms with E-state index in [4.69, 9.17) is 32.7 Å². The van der Waals surface area contributed by atoms with Crippen LogP contribution in [0.15, 0.2) is 48.7 Å². The summed E-state index contributed by atoms with van der Waals surface area (Å²) in [6.45, 7) is 2.06. The van der Waals surface area contributed by atoms with Gasteiger partial charge in [-0.15, -0.1) is 5.10 Å². The maximum absolute atomic E-state index is 12.6. The Hall–Kier alpha value is -3.91. The second-order valence-corrected chi connectivity index (χ2v) is 9.17. The van der Waals surface area contributed by atoms with Gasteiger partial charge >= 0.3 is 12.1 Å². The van der Waals surface area contributed by atoms with Gasteiger partial charge in [0.2, 0.25) is 6.79 Å². The van der Waals surface area contributed by atoms with Crippen molar-refractivity contribution in [3.05, 3.63) is 70.0 Å². The van der Waals surface area contributed by atoms with Crippen LogP contribution in [0.25, 0.3) is 11.1 Å². The van der Waals surface area contributed by atoms with E-state index in [1.165, 1.54) is 5.01 Å². The first-order chi connectivity index (χ1) is 18.5. The summed E-state index contributed by atoms with van der Waals surface area (Å²) in [4.78, 5) is 36.6. The fourth-order valence-electron chi connectivity index (χ4n) is 3.18. The topological polar surface area (TPSA) is 165 Å². The molecule has 1 heterocycles. The van der Waals surface area contributed by atoms with Gasteiger partial charge < -0.3 is 24.5 Å². The van der Waals surface area contributed by atoms with Crippen LogP contribution in [0, 0.1) is 0 Å². The van der Waals surface area contributed by atoms with Crippen molar-refractivity contribution in [3.8, 4) is 11.1 Å². The van der Waals surface area contributed by atoms with Crippen LogP contribution < -0.4 is 5.43 Å². The smallest absolute Gasteiger partial charge is 0.431 e. The standard InChI is InChI=1S/C24H25Cl2N5O8/c1-14(2)39-24(35)38-13-37-23(34)21(32)12-30(28-22(33)20-11-31(36)29-27-20)10-15-3-5-16(6-4-15)18-9-17(25)7-8-19(18)26/h3-9,11,14,21,32,36H,10,12-13H2,1-2H3,(H,28,33). The van der Waals surface area contributed by atoms with Crippen molar-refractivity contribution in [2.45, 2.75) is 32.6 Å². The van der Waals surface area contributed by atoms with Gasteiger partial charge in [-0.3, -0.25) is 10.2 Å². The number of carbonyl (C=O) groups excluding carboxylic acids is 3. The van der Waals surface area contributed by atoms with Crippen LogP contribution in [0.1, 0.15) is 29.9 Å². The Kier molecular flexibility index (Phi) is 10.5. The van der Waals surface area contributed by atoms with Crippen LogP contribution >= 0.6 is 23.2 Å². The van der Waals surface area contributed by atoms with Crippen LogP contribution in [-0.4, -0.2) is 74.1 Å². The van der Waals surface area contributed by atoms with Crippen molar-refractivity contribution in [2.24, 2.45) is 0 Å². The summed E-state index contributed by atoms with van der Waals surface area (Å²) < 4.78 is 14.1. The van der Waals surface area contributed by atoms with E-state index in [1.54, 1.807) is 56.3 Å². The SMILES string of the molecule is CC(C)OC(=O)OCOC(=O)C(O)CN(Cc1ccc(-c2cc(Cl)ccc2Cl)cc1)NC(=O)c1cn(O)nn1. The largest absolute Gasteiger partial charge is 0.511 e. The molecule has 3 aromatic rings. The Morgan fingerprint density at radius 2 is 1.82 bits per heavy atom. The number of hydrogen-bond donors (Lipinski definition) is 3. The van der Waals surface area contributed by atoms with E-state index in [0.29, 0.717) is 20.5 Å². The molecule has 0 spiro atoms. The quantitative estimate of drug-likeness (QED) is 0.132. The first-order valence-corrected chi connectivity index (χ1v) is 12.2. The van der Waals surface area contributed by atoms with Crippen molar-refractivity contribution in [3.63, 3.8) is 0 Å². The highest BCUT2D eigenvalue weighted by Gasteiger charge is 2.24. The number of nitrogens with one attached hydrogen (secondary N) is 1. The van der Waals surface area contributed by atoms with Gasteiger partial charge in [0.1, 0.15) is 0 Å². The zero-order valence-corrected chi connectivity index (χ0v) is 22.3. The maximum Gasteiger partial charge on any atom is 0.511 e. The maximum atomic E-state index is 12.6. The molecule has 3 N–H and O–H groups in total. The van der Waals surface area contributed by atoms with E-state index >= 15 is 0 Å². The van der Waals surface area contributed by atoms with Gasteiger partial charge in [-0.2, -0.15) is 0 Å². The van der Waals surface area contributed by atoms with E-state index in [-0.39, 0.29) is 12.2 Å². The van der Waals surface area contributed by atoms with E-state index in [0.717, 1.165) is 17.3 Å². The number of rotatable bonds is 11. The molecule has 0 saturated heterocycles. The first kappa shape index (κ1) is 29.6. The molecule has 1 unspecified atom stereocenters. The fourth-order valence-corrected chi connectivity index (χ4v) is 3.58. The molecule has 0 fully saturated rings. The highest BCUT2D eigenvalue weighted by Crippen LogP contribution is 2.30. The minimum Gasteiger partial charge on any atom is -0.431 e. The number of carbonyl (C=O) groups is 3. The minimum absolute atomic E-state index is 0.0319. The molecule has 1 aromatic heterocycles. The molecular formula is C24H25Cl2N5O8. The summed E-state index contributed by atoms with van der Waals surface area (Å²) in [5, 5.41) is 28.7. The average molecular weight is 582 g/mol. The van der Waals surface area contributed by atoms with E-state index in [2.05, 4.69) is 20.5 Å². The number of aliphatic hydroxyl groups is 1. The Morgan fingerprint density at radius 3 is 2.46 bits per heavy atom. The van der Waals surface area contributed by atoms with Crippen LogP contribution in [0.2, 0.25) is 10.0 Å². The summed E-state index contributed by atoms with van der Waals surface area (Å²) in [6, 6.07) is 12.2. The third kappa shape index (κ3) is 9.11. The number of nitrogens with zero attached hydrogens (tertiary/aromatic N) is 4. The number of hydrazine groups is 1. The van der Waals surface area contributed by atoms with Crippen molar-refractivity contribution in [1.29, 1.82) is 0 Å². The summed E-state index contributed by atoms with van der Waals surface area (Å²) in [7, 11) is 0. The number of hydrogen-bond acceptors (Lipinski definition) is 11. The second kappa shape index (κ2) is 13.8. The molecule has 13 nitrogen and oxygen atoms in total. The van der Waals surface area contributed by atoms with Crippen molar-refractivity contribution in [1.82, 2.24) is 25.6 Å². The van der Waals surface area contributed by atoms with Crippen molar-refractivity contribution < 1.29 is 38.9 Å². The number of esters is 1. The van der Waals surface area contributed by atoms with E-state index in [1.807, 2.05) is 0 Å². The molecule has 3 rings (SSSR count). The molecule has 0 aliphatic carbocycles. The zero-order chi connectivity index (χ0) is 28.5. The predicted molar refractivity (Wildman–Crippen MR) is 137 cm³/mol. The fraction of sp³-hybridized carbons (Fsp3) is 0.292. The lowest BCUT2D eigenvalue weighted by Gasteiger charge is -2.24. The van der Waals surface area contributed by atoms with Crippen LogP contribution in [0.5, 0.6) is 0 Å². The molecule has 208 valence electrons. The van der Waals surface area contributed by atoms with Gasteiger partial charge in [0.05, 0.1) is 18.8 Å². The monoisotopic (exact) mass is 581 g/mol. The van der Waals surface area contributed by atoms with Crippen molar-refractivity contribution >= 4 is 41.2 Å². The third-order valence-electron chi connectivity index (χ3n) is 4.92. The second-order valence-electron chi connectivity index (χ2n) is 8.32. The molecule has 1 atom stereocenters. The van der Waals surface area contributed by atoms with Crippen LogP contribution in [-0.2, 0) is 25.5 Å². The number of benzene rings is 2. The minimum atomic E-state index is -1.74. The van der Waals surface area contributed by atoms with Gasteiger partial charge in [0.15, 0.2) is 11.8 Å². The predicted octanol–water partition coefficient (Wildman–Crippen LogP) is 3.06. The molecule has 0 bridgehead atoms. The number of aromatic nitrogens is 3. The number of halogens is 2. The van der Waals surface area contributed by atoms with Gasteiger partial charge in [-0.1, -0.05) is 52.3 Å². The lowest BCUT2D eigenvalue weighted by Crippen LogP contribution is -2.47. The summed E-state index contributed by atoms with van der Waals surface area (Å²) in [5.41, 5.74) is 4.48. The third-order valence-corrected chi connectivity index (χ3v) is 5.48. The summed E-state index contributed by atoms with van der Waals surface area (Å²) >= 11 is 12.4. The average Bonchev–Trinajstić information content (AvgIpc) is 3.32. The highest BCUT2D eigenvalue weighted by atomic mass is 35.5. The lowest BCUT2D eigenvalue weighted by molar-refractivity contribution is -0.164. The van der Waals surface area contributed by atoms with E-state index in [9.17, 15) is 24.7 Å². The normalized spacial score (nSPS) is 11.8. The van der Waals surface area contributed by atoms with E-state index < -0.39 is 43.6 Å². The molecule has 0 aliphatic rings. The Labute approximate surface area is 232 Å². The molecule has 0 aliphatic heterocycles. The molecule has 39 heavy (non-hydrogen) atoms.